The average Bonchev–Trinajstić information content (AvgIpc) is 3.47. The number of likely N-dealkylation sites (tertiary alicyclic amines) is 1. The van der Waals surface area contributed by atoms with E-state index in [9.17, 15) is 9.59 Å². The summed E-state index contributed by atoms with van der Waals surface area (Å²) in [6.07, 6.45) is 4.01. The first kappa shape index (κ1) is 20.7. The molecule has 1 unspecified atom stereocenters. The smallest absolute Gasteiger partial charge is 0.262 e. The van der Waals surface area contributed by atoms with Crippen molar-refractivity contribution in [1.82, 2.24) is 20.2 Å². The van der Waals surface area contributed by atoms with Crippen LogP contribution in [0.15, 0.2) is 23.8 Å². The number of aromatic nitrogens is 2. The number of carbonyl (C=O) groups excluding carboxylic acids is 2. The minimum absolute atomic E-state index is 0.0425. The molecule has 3 aromatic heterocycles. The number of fused-ring (bicyclic) bond motifs is 1. The molecule has 9 heteroatoms. The molecule has 0 aliphatic carbocycles. The van der Waals surface area contributed by atoms with Gasteiger partial charge in [0.15, 0.2) is 0 Å². The monoisotopic (exact) mass is 443 g/mol. The molecule has 0 radical (unpaired) electrons. The number of rotatable bonds is 8. The van der Waals surface area contributed by atoms with E-state index in [1.54, 1.807) is 11.3 Å². The Bertz CT molecular complexity index is 1050. The van der Waals surface area contributed by atoms with Crippen LogP contribution in [-0.2, 0) is 4.79 Å². The summed E-state index contributed by atoms with van der Waals surface area (Å²) >= 11 is 3.02. The minimum Gasteiger partial charge on any atom is -0.369 e. The standard InChI is InChI=1S/C21H25N5O2S2/c1-13-17-19(22-8-5-10-26-9-3-7-16(26)27)23-12-24-21(17)30-18(13)20(28)25-14(2)15-6-4-11-29-15/h4,6,11-12,14H,3,5,7-10H2,1-2H3,(H,25,28)(H,22,23,24). The molecule has 3 aromatic rings. The molecule has 1 atom stereocenters. The lowest BCUT2D eigenvalue weighted by Crippen LogP contribution is -2.27. The van der Waals surface area contributed by atoms with Crippen LogP contribution in [0.5, 0.6) is 0 Å². The van der Waals surface area contributed by atoms with Crippen LogP contribution in [-0.4, -0.2) is 46.3 Å². The summed E-state index contributed by atoms with van der Waals surface area (Å²) in [4.78, 5) is 37.9. The lowest BCUT2D eigenvalue weighted by atomic mass is 10.2. The van der Waals surface area contributed by atoms with Crippen molar-refractivity contribution < 1.29 is 9.59 Å². The number of thiophene rings is 2. The van der Waals surface area contributed by atoms with Gasteiger partial charge in [-0.2, -0.15) is 0 Å². The third-order valence-corrected chi connectivity index (χ3v) is 7.57. The van der Waals surface area contributed by atoms with Crippen molar-refractivity contribution in [2.75, 3.05) is 25.0 Å². The molecule has 4 rings (SSSR count). The number of aryl methyl sites for hydroxylation is 1. The lowest BCUT2D eigenvalue weighted by Gasteiger charge is -2.15. The largest absolute Gasteiger partial charge is 0.369 e. The number of nitrogens with one attached hydrogen (secondary N) is 2. The first-order valence-electron chi connectivity index (χ1n) is 10.1. The molecule has 0 spiro atoms. The fourth-order valence-corrected chi connectivity index (χ4v) is 5.50. The fraction of sp³-hybridized carbons (Fsp3) is 0.429. The van der Waals surface area contributed by atoms with Crippen LogP contribution in [0.25, 0.3) is 10.2 Å². The highest BCUT2D eigenvalue weighted by molar-refractivity contribution is 7.20. The molecule has 2 N–H and O–H groups in total. The Labute approximate surface area is 183 Å². The normalized spacial score (nSPS) is 15.0. The molecule has 1 aliphatic heterocycles. The van der Waals surface area contributed by atoms with Gasteiger partial charge in [0.25, 0.3) is 5.91 Å². The second kappa shape index (κ2) is 9.09. The number of nitrogens with zero attached hydrogens (tertiary/aromatic N) is 3. The third-order valence-electron chi connectivity index (χ3n) is 5.32. The lowest BCUT2D eigenvalue weighted by molar-refractivity contribution is -0.127. The summed E-state index contributed by atoms with van der Waals surface area (Å²) < 4.78 is 0. The molecule has 0 saturated carbocycles. The first-order chi connectivity index (χ1) is 14.5. The molecule has 158 valence electrons. The van der Waals surface area contributed by atoms with Crippen LogP contribution in [0.3, 0.4) is 0 Å². The maximum absolute atomic E-state index is 12.9. The van der Waals surface area contributed by atoms with Gasteiger partial charge in [-0.25, -0.2) is 9.97 Å². The van der Waals surface area contributed by atoms with Gasteiger partial charge in [-0.05, 0) is 43.7 Å². The summed E-state index contributed by atoms with van der Waals surface area (Å²) in [5.74, 6) is 0.905. The van der Waals surface area contributed by atoms with E-state index in [1.807, 2.05) is 36.3 Å². The quantitative estimate of drug-likeness (QED) is 0.514. The third kappa shape index (κ3) is 4.32. The Morgan fingerprint density at radius 3 is 2.97 bits per heavy atom. The van der Waals surface area contributed by atoms with Gasteiger partial charge in [0.2, 0.25) is 5.91 Å². The molecule has 2 amide bonds. The van der Waals surface area contributed by atoms with E-state index in [2.05, 4.69) is 20.6 Å². The molecule has 0 bridgehead atoms. The van der Waals surface area contributed by atoms with Gasteiger partial charge in [-0.3, -0.25) is 9.59 Å². The van der Waals surface area contributed by atoms with E-state index in [1.165, 1.54) is 17.7 Å². The average molecular weight is 444 g/mol. The summed E-state index contributed by atoms with van der Waals surface area (Å²) in [5.41, 5.74) is 0.892. The Morgan fingerprint density at radius 1 is 1.37 bits per heavy atom. The number of carbonyl (C=O) groups is 2. The van der Waals surface area contributed by atoms with Crippen molar-refractivity contribution in [3.05, 3.63) is 39.2 Å². The van der Waals surface area contributed by atoms with Gasteiger partial charge in [-0.15, -0.1) is 22.7 Å². The summed E-state index contributed by atoms with van der Waals surface area (Å²) in [6.45, 7) is 6.27. The van der Waals surface area contributed by atoms with E-state index in [0.717, 1.165) is 52.4 Å². The zero-order chi connectivity index (χ0) is 21.1. The predicted octanol–water partition coefficient (Wildman–Crippen LogP) is 3.98. The Hall–Kier alpha value is -2.52. The van der Waals surface area contributed by atoms with Gasteiger partial charge in [0.1, 0.15) is 17.0 Å². The van der Waals surface area contributed by atoms with E-state index in [-0.39, 0.29) is 17.9 Å². The molecule has 1 saturated heterocycles. The van der Waals surface area contributed by atoms with Crippen molar-refractivity contribution in [2.24, 2.45) is 0 Å². The summed E-state index contributed by atoms with van der Waals surface area (Å²) in [6, 6.07) is 3.97. The number of hydrogen-bond acceptors (Lipinski definition) is 7. The fourth-order valence-electron chi connectivity index (χ4n) is 3.71. The summed E-state index contributed by atoms with van der Waals surface area (Å²) in [5, 5.41) is 9.36. The Balaban J connectivity index is 1.44. The number of amides is 2. The molecule has 1 aliphatic rings. The highest BCUT2D eigenvalue weighted by Gasteiger charge is 2.22. The number of anilines is 1. The van der Waals surface area contributed by atoms with Crippen LogP contribution >= 0.6 is 22.7 Å². The topological polar surface area (TPSA) is 87.2 Å². The van der Waals surface area contributed by atoms with Gasteiger partial charge in [0, 0.05) is 30.9 Å². The zero-order valence-corrected chi connectivity index (χ0v) is 18.7. The number of hydrogen-bond donors (Lipinski definition) is 2. The Morgan fingerprint density at radius 2 is 2.23 bits per heavy atom. The first-order valence-corrected chi connectivity index (χ1v) is 11.8. The second-order valence-corrected chi connectivity index (χ2v) is 9.41. The van der Waals surface area contributed by atoms with Gasteiger partial charge >= 0.3 is 0 Å². The second-order valence-electron chi connectivity index (χ2n) is 7.43. The maximum atomic E-state index is 12.9. The Kier molecular flexibility index (Phi) is 6.29. The minimum atomic E-state index is -0.0881. The molecular formula is C21H25N5O2S2. The van der Waals surface area contributed by atoms with E-state index in [0.29, 0.717) is 17.8 Å². The summed E-state index contributed by atoms with van der Waals surface area (Å²) in [7, 11) is 0. The van der Waals surface area contributed by atoms with Crippen molar-refractivity contribution in [1.29, 1.82) is 0 Å². The van der Waals surface area contributed by atoms with Crippen molar-refractivity contribution >= 4 is 50.5 Å². The molecule has 0 aromatic carbocycles. The van der Waals surface area contributed by atoms with Crippen molar-refractivity contribution in [3.8, 4) is 0 Å². The van der Waals surface area contributed by atoms with E-state index in [4.69, 9.17) is 0 Å². The molecule has 7 nitrogen and oxygen atoms in total. The van der Waals surface area contributed by atoms with Gasteiger partial charge in [0.05, 0.1) is 16.3 Å². The van der Waals surface area contributed by atoms with Crippen molar-refractivity contribution in [2.45, 2.75) is 39.2 Å². The van der Waals surface area contributed by atoms with Crippen molar-refractivity contribution in [3.63, 3.8) is 0 Å². The SMILES string of the molecule is Cc1c(C(=O)NC(C)c2cccs2)sc2ncnc(NCCCN3CCCC3=O)c12. The highest BCUT2D eigenvalue weighted by Crippen LogP contribution is 2.33. The van der Waals surface area contributed by atoms with Crippen LogP contribution < -0.4 is 10.6 Å². The highest BCUT2D eigenvalue weighted by atomic mass is 32.1. The maximum Gasteiger partial charge on any atom is 0.262 e. The van der Waals surface area contributed by atoms with E-state index >= 15 is 0 Å². The van der Waals surface area contributed by atoms with Crippen LogP contribution in [0, 0.1) is 6.92 Å². The van der Waals surface area contributed by atoms with Crippen LogP contribution in [0.2, 0.25) is 0 Å². The molecular weight excluding hydrogens is 418 g/mol. The van der Waals surface area contributed by atoms with Gasteiger partial charge in [-0.1, -0.05) is 6.07 Å². The zero-order valence-electron chi connectivity index (χ0n) is 17.1. The van der Waals surface area contributed by atoms with Crippen LogP contribution in [0.4, 0.5) is 5.82 Å². The predicted molar refractivity (Wildman–Crippen MR) is 121 cm³/mol. The van der Waals surface area contributed by atoms with Gasteiger partial charge < -0.3 is 15.5 Å². The van der Waals surface area contributed by atoms with E-state index < -0.39 is 0 Å². The molecule has 1 fully saturated rings. The molecule has 4 heterocycles. The van der Waals surface area contributed by atoms with Crippen LogP contribution in [0.1, 0.15) is 52.3 Å². The molecule has 30 heavy (non-hydrogen) atoms.